The zero-order chi connectivity index (χ0) is 30.4. The van der Waals surface area contributed by atoms with E-state index in [2.05, 4.69) is 34.6 Å². The number of nitrogens with one attached hydrogen (secondary N) is 2. The number of carboxylic acids is 1. The third kappa shape index (κ3) is 7.57. The fourth-order valence-electron chi connectivity index (χ4n) is 5.75. The molecule has 2 fully saturated rings. The molecule has 1 heterocycles. The molecule has 226 valence electrons. The number of halogens is 5. The molecule has 1 aliphatic heterocycles. The maximum atomic E-state index is 13.9. The van der Waals surface area contributed by atoms with Crippen LogP contribution in [0.3, 0.4) is 0 Å². The molecule has 2 aromatic rings. The smallest absolute Gasteiger partial charge is 0.490 e. The summed E-state index contributed by atoms with van der Waals surface area (Å²) in [6.07, 6.45) is -0.500. The number of carboxylic acid groups (broad SMARTS) is 1. The number of hydrogen-bond acceptors (Lipinski definition) is 5. The summed E-state index contributed by atoms with van der Waals surface area (Å²) < 4.78 is 70.1. The Morgan fingerprint density at radius 2 is 1.76 bits per heavy atom. The quantitative estimate of drug-likeness (QED) is 0.359. The average Bonchev–Trinajstić information content (AvgIpc) is 3.29. The van der Waals surface area contributed by atoms with Crippen LogP contribution in [-0.4, -0.2) is 67.6 Å². The number of urea groups is 1. The minimum Gasteiger partial charge on any atom is -0.493 e. The van der Waals surface area contributed by atoms with Crippen molar-refractivity contribution in [2.24, 2.45) is 0 Å². The highest BCUT2D eigenvalue weighted by atomic mass is 19.4. The first kappa shape index (κ1) is 31.9. The Morgan fingerprint density at radius 3 is 2.37 bits per heavy atom. The van der Waals surface area contributed by atoms with Crippen molar-refractivity contribution in [1.29, 1.82) is 0 Å². The van der Waals surface area contributed by atoms with Crippen molar-refractivity contribution in [2.45, 2.75) is 62.7 Å². The standard InChI is InChI=1S/C26H33F2N3O3.C2HF3O2/c1-4-12-31-13-11-26(17-5-8-22(33-2)23(14-17)34-3)10-9-19(16-24(26)31)29-25(32)30-21-15-18(27)6-7-20(21)28;3-2(4,5)1(6)7/h5-8,14-15,19,24H,4,9-13,16H2,1-3H3,(H2,29,30,32);(H,6,7)/t19-,24+,26+;/m1./s1. The molecule has 2 aromatic carbocycles. The number of carbonyl (C=O) groups excluding carboxylic acids is 1. The molecule has 0 spiro atoms. The van der Waals surface area contributed by atoms with Gasteiger partial charge in [0.15, 0.2) is 11.5 Å². The number of benzene rings is 2. The van der Waals surface area contributed by atoms with Crippen LogP contribution in [0.25, 0.3) is 0 Å². The summed E-state index contributed by atoms with van der Waals surface area (Å²) in [7, 11) is 3.28. The number of nitrogens with zero attached hydrogens (tertiary/aromatic N) is 1. The molecule has 0 aromatic heterocycles. The monoisotopic (exact) mass is 587 g/mol. The predicted molar refractivity (Wildman–Crippen MR) is 141 cm³/mol. The Bertz CT molecular complexity index is 1230. The molecular formula is C28H34F5N3O5. The van der Waals surface area contributed by atoms with Gasteiger partial charge < -0.3 is 25.2 Å². The van der Waals surface area contributed by atoms with Gasteiger partial charge in [0.25, 0.3) is 0 Å². The van der Waals surface area contributed by atoms with Crippen LogP contribution in [0.1, 0.15) is 44.6 Å². The average molecular weight is 588 g/mol. The van der Waals surface area contributed by atoms with Crippen molar-refractivity contribution in [3.8, 4) is 11.5 Å². The number of anilines is 1. The number of methoxy groups -OCH3 is 2. The molecule has 0 radical (unpaired) electrons. The number of aliphatic carboxylic acids is 1. The van der Waals surface area contributed by atoms with Crippen molar-refractivity contribution in [3.63, 3.8) is 0 Å². The number of ether oxygens (including phenoxy) is 2. The van der Waals surface area contributed by atoms with Crippen molar-refractivity contribution in [3.05, 3.63) is 53.6 Å². The van der Waals surface area contributed by atoms with E-state index in [0.717, 1.165) is 69.1 Å². The summed E-state index contributed by atoms with van der Waals surface area (Å²) in [6.45, 7) is 4.17. The second-order valence-corrected chi connectivity index (χ2v) is 10.0. The highest BCUT2D eigenvalue weighted by Crippen LogP contribution is 2.50. The number of carbonyl (C=O) groups is 2. The van der Waals surface area contributed by atoms with E-state index in [-0.39, 0.29) is 23.2 Å². The Kier molecular flexibility index (Phi) is 10.4. The molecule has 2 amide bonds. The fraction of sp³-hybridized carbons (Fsp3) is 0.500. The first-order valence-corrected chi connectivity index (χ1v) is 13.1. The summed E-state index contributed by atoms with van der Waals surface area (Å²) >= 11 is 0. The summed E-state index contributed by atoms with van der Waals surface area (Å²) in [6, 6.07) is 8.88. The first-order valence-electron chi connectivity index (χ1n) is 13.1. The fourth-order valence-corrected chi connectivity index (χ4v) is 5.75. The Hall–Kier alpha value is -3.61. The van der Waals surface area contributed by atoms with Crippen LogP contribution in [0.15, 0.2) is 36.4 Å². The zero-order valence-electron chi connectivity index (χ0n) is 23.0. The third-order valence-corrected chi connectivity index (χ3v) is 7.59. The zero-order valence-corrected chi connectivity index (χ0v) is 23.0. The molecule has 41 heavy (non-hydrogen) atoms. The van der Waals surface area contributed by atoms with Gasteiger partial charge in [0.05, 0.1) is 19.9 Å². The third-order valence-electron chi connectivity index (χ3n) is 7.59. The minimum absolute atomic E-state index is 0.0297. The summed E-state index contributed by atoms with van der Waals surface area (Å²) in [4.78, 5) is 24.0. The minimum atomic E-state index is -5.08. The second kappa shape index (κ2) is 13.4. The van der Waals surface area contributed by atoms with Crippen molar-refractivity contribution < 1.29 is 46.1 Å². The van der Waals surface area contributed by atoms with Crippen LogP contribution in [0.4, 0.5) is 32.4 Å². The van der Waals surface area contributed by atoms with Crippen LogP contribution in [0, 0.1) is 11.6 Å². The SMILES string of the molecule is CCCN1CC[C@]2(c3ccc(OC)c(OC)c3)CC[C@@H](NC(=O)Nc3cc(F)ccc3F)C[C@H]12.O=C(O)C(F)(F)F. The van der Waals surface area contributed by atoms with Gasteiger partial charge in [0.2, 0.25) is 0 Å². The number of amides is 2. The van der Waals surface area contributed by atoms with Gasteiger partial charge in [-0.15, -0.1) is 0 Å². The topological polar surface area (TPSA) is 100 Å². The molecule has 1 saturated heterocycles. The highest BCUT2D eigenvalue weighted by molar-refractivity contribution is 5.89. The first-order chi connectivity index (χ1) is 19.3. The van der Waals surface area contributed by atoms with E-state index >= 15 is 0 Å². The molecule has 8 nitrogen and oxygen atoms in total. The molecular weight excluding hydrogens is 553 g/mol. The van der Waals surface area contributed by atoms with E-state index in [1.807, 2.05) is 6.07 Å². The van der Waals surface area contributed by atoms with Crippen molar-refractivity contribution in [1.82, 2.24) is 10.2 Å². The van der Waals surface area contributed by atoms with Crippen molar-refractivity contribution in [2.75, 3.05) is 32.6 Å². The molecule has 13 heteroatoms. The lowest BCUT2D eigenvalue weighted by Crippen LogP contribution is -2.53. The van der Waals surface area contributed by atoms with E-state index in [0.29, 0.717) is 5.75 Å². The van der Waals surface area contributed by atoms with Gasteiger partial charge in [-0.2, -0.15) is 13.2 Å². The van der Waals surface area contributed by atoms with Crippen LogP contribution in [0.2, 0.25) is 0 Å². The van der Waals surface area contributed by atoms with E-state index in [4.69, 9.17) is 19.4 Å². The van der Waals surface area contributed by atoms with Crippen LogP contribution >= 0.6 is 0 Å². The second-order valence-electron chi connectivity index (χ2n) is 10.0. The molecule has 3 atom stereocenters. The summed E-state index contributed by atoms with van der Waals surface area (Å²) in [5, 5.41) is 12.6. The van der Waals surface area contributed by atoms with E-state index < -0.39 is 29.8 Å². The van der Waals surface area contributed by atoms with E-state index in [1.54, 1.807) is 14.2 Å². The van der Waals surface area contributed by atoms with Gasteiger partial charge >= 0.3 is 18.2 Å². The highest BCUT2D eigenvalue weighted by Gasteiger charge is 2.51. The number of rotatable bonds is 7. The molecule has 0 bridgehead atoms. The molecule has 2 aliphatic rings. The number of fused-ring (bicyclic) bond motifs is 1. The Balaban J connectivity index is 0.000000587. The molecule has 4 rings (SSSR count). The largest absolute Gasteiger partial charge is 0.493 e. The lowest BCUT2D eigenvalue weighted by Gasteiger charge is -2.45. The van der Waals surface area contributed by atoms with Gasteiger partial charge in [-0.25, -0.2) is 18.4 Å². The van der Waals surface area contributed by atoms with Crippen LogP contribution < -0.4 is 20.1 Å². The number of likely N-dealkylation sites (tertiary alicyclic amines) is 1. The predicted octanol–water partition coefficient (Wildman–Crippen LogP) is 5.71. The summed E-state index contributed by atoms with van der Waals surface area (Å²) in [5.41, 5.74) is 1.04. The van der Waals surface area contributed by atoms with Gasteiger partial charge in [-0.3, -0.25) is 4.90 Å². The number of alkyl halides is 3. The van der Waals surface area contributed by atoms with Gasteiger partial charge in [0.1, 0.15) is 11.6 Å². The number of hydrogen-bond donors (Lipinski definition) is 3. The van der Waals surface area contributed by atoms with Gasteiger partial charge in [-0.05, 0) is 75.0 Å². The molecule has 0 unspecified atom stereocenters. The Morgan fingerprint density at radius 1 is 1.07 bits per heavy atom. The maximum absolute atomic E-state index is 13.9. The normalized spacial score (nSPS) is 22.1. The van der Waals surface area contributed by atoms with Crippen LogP contribution in [0.5, 0.6) is 11.5 Å². The van der Waals surface area contributed by atoms with Gasteiger partial charge in [-0.1, -0.05) is 13.0 Å². The van der Waals surface area contributed by atoms with E-state index in [9.17, 15) is 26.7 Å². The molecule has 3 N–H and O–H groups in total. The Labute approximate surface area is 234 Å². The van der Waals surface area contributed by atoms with Crippen LogP contribution in [-0.2, 0) is 10.2 Å². The molecule has 1 aliphatic carbocycles. The molecule has 1 saturated carbocycles. The van der Waals surface area contributed by atoms with Crippen molar-refractivity contribution >= 4 is 17.7 Å². The van der Waals surface area contributed by atoms with Gasteiger partial charge in [0, 0.05) is 23.6 Å². The lowest BCUT2D eigenvalue weighted by atomic mass is 9.65. The maximum Gasteiger partial charge on any atom is 0.490 e. The summed E-state index contributed by atoms with van der Waals surface area (Å²) in [5.74, 6) is -2.60. The van der Waals surface area contributed by atoms with E-state index in [1.165, 1.54) is 5.56 Å². The lowest BCUT2D eigenvalue weighted by molar-refractivity contribution is -0.192.